The van der Waals surface area contributed by atoms with Crippen molar-refractivity contribution < 1.29 is 27.9 Å². The van der Waals surface area contributed by atoms with Crippen LogP contribution in [0.5, 0.6) is 0 Å². The molecule has 1 aliphatic rings. The first kappa shape index (κ1) is 21.3. The van der Waals surface area contributed by atoms with E-state index in [1.165, 1.54) is 28.6 Å². The average molecular weight is 398 g/mol. The van der Waals surface area contributed by atoms with Crippen LogP contribution in [0.25, 0.3) is 0 Å². The molecule has 2 rings (SSSR count). The zero-order valence-corrected chi connectivity index (χ0v) is 16.4. The van der Waals surface area contributed by atoms with E-state index in [9.17, 15) is 23.1 Å². The maximum atomic E-state index is 12.6. The first-order valence-corrected chi connectivity index (χ1v) is 10.3. The molecule has 0 saturated carbocycles. The Morgan fingerprint density at radius 3 is 2.30 bits per heavy atom. The summed E-state index contributed by atoms with van der Waals surface area (Å²) >= 11 is 0. The fraction of sp³-hybridized carbons (Fsp3) is 0.556. The SMILES string of the molecule is CC(C)CC(CNC(=O)c1ccc(S(=O)(=O)N2CCOCC2)cc1)C(=O)O. The Bertz CT molecular complexity index is 755. The number of nitrogens with zero attached hydrogens (tertiary/aromatic N) is 1. The summed E-state index contributed by atoms with van der Waals surface area (Å²) in [5.74, 6) is -1.83. The monoisotopic (exact) mass is 398 g/mol. The maximum absolute atomic E-state index is 12.6. The van der Waals surface area contributed by atoms with Crippen molar-refractivity contribution in [3.8, 4) is 0 Å². The molecule has 1 aliphatic heterocycles. The van der Waals surface area contributed by atoms with Gasteiger partial charge in [-0.05, 0) is 36.6 Å². The number of hydrogen-bond acceptors (Lipinski definition) is 5. The highest BCUT2D eigenvalue weighted by Crippen LogP contribution is 2.18. The quantitative estimate of drug-likeness (QED) is 0.680. The number of carboxylic acids is 1. The Hall–Kier alpha value is -1.97. The molecule has 1 aromatic rings. The van der Waals surface area contributed by atoms with E-state index < -0.39 is 27.8 Å². The molecule has 1 aromatic carbocycles. The molecule has 0 aromatic heterocycles. The molecule has 1 fully saturated rings. The Labute approximate surface area is 159 Å². The van der Waals surface area contributed by atoms with Gasteiger partial charge in [-0.15, -0.1) is 0 Å². The molecule has 150 valence electrons. The molecule has 1 unspecified atom stereocenters. The van der Waals surface area contributed by atoms with Gasteiger partial charge >= 0.3 is 5.97 Å². The Morgan fingerprint density at radius 1 is 1.19 bits per heavy atom. The largest absolute Gasteiger partial charge is 0.481 e. The highest BCUT2D eigenvalue weighted by molar-refractivity contribution is 7.89. The number of rotatable bonds is 8. The van der Waals surface area contributed by atoms with Crippen molar-refractivity contribution in [3.05, 3.63) is 29.8 Å². The molecule has 1 saturated heterocycles. The molecule has 1 amide bonds. The lowest BCUT2D eigenvalue weighted by atomic mass is 9.97. The number of carbonyl (C=O) groups excluding carboxylic acids is 1. The van der Waals surface area contributed by atoms with Crippen molar-refractivity contribution in [2.24, 2.45) is 11.8 Å². The highest BCUT2D eigenvalue weighted by Gasteiger charge is 2.26. The lowest BCUT2D eigenvalue weighted by Gasteiger charge is -2.26. The van der Waals surface area contributed by atoms with Crippen molar-refractivity contribution in [2.75, 3.05) is 32.8 Å². The lowest BCUT2D eigenvalue weighted by molar-refractivity contribution is -0.142. The number of benzene rings is 1. The molecule has 8 nitrogen and oxygen atoms in total. The summed E-state index contributed by atoms with van der Waals surface area (Å²) in [5.41, 5.74) is 0.282. The standard InChI is InChI=1S/C18H26N2O6S/c1-13(2)11-15(18(22)23)12-19-17(21)14-3-5-16(6-4-14)27(24,25)20-7-9-26-10-8-20/h3-6,13,15H,7-12H2,1-2H3,(H,19,21)(H,22,23). The van der Waals surface area contributed by atoms with E-state index in [1.54, 1.807) is 0 Å². The van der Waals surface area contributed by atoms with Crippen LogP contribution in [0.2, 0.25) is 0 Å². The van der Waals surface area contributed by atoms with Crippen LogP contribution in [0.3, 0.4) is 0 Å². The van der Waals surface area contributed by atoms with E-state index in [0.717, 1.165) is 0 Å². The Morgan fingerprint density at radius 2 is 1.78 bits per heavy atom. The summed E-state index contributed by atoms with van der Waals surface area (Å²) in [4.78, 5) is 23.6. The first-order chi connectivity index (χ1) is 12.7. The smallest absolute Gasteiger partial charge is 0.308 e. The zero-order valence-electron chi connectivity index (χ0n) is 15.6. The number of morpholine rings is 1. The minimum atomic E-state index is -3.61. The third-order valence-corrected chi connectivity index (χ3v) is 6.25. The maximum Gasteiger partial charge on any atom is 0.308 e. The van der Waals surface area contributed by atoms with Gasteiger partial charge in [0.15, 0.2) is 0 Å². The highest BCUT2D eigenvalue weighted by atomic mass is 32.2. The molecule has 0 bridgehead atoms. The van der Waals surface area contributed by atoms with E-state index in [0.29, 0.717) is 32.7 Å². The van der Waals surface area contributed by atoms with Crippen LogP contribution in [0.15, 0.2) is 29.2 Å². The molecule has 9 heteroatoms. The van der Waals surface area contributed by atoms with Crippen molar-refractivity contribution >= 4 is 21.9 Å². The Balaban J connectivity index is 2.01. The number of ether oxygens (including phenoxy) is 1. The fourth-order valence-electron chi connectivity index (χ4n) is 2.87. The normalized spacial score (nSPS) is 16.9. The van der Waals surface area contributed by atoms with Gasteiger partial charge in [-0.25, -0.2) is 8.42 Å². The molecule has 0 radical (unpaired) electrons. The van der Waals surface area contributed by atoms with E-state index in [1.807, 2.05) is 13.8 Å². The number of aliphatic carboxylic acids is 1. The third-order valence-electron chi connectivity index (χ3n) is 4.34. The van der Waals surface area contributed by atoms with Crippen molar-refractivity contribution in [1.82, 2.24) is 9.62 Å². The number of amides is 1. The second kappa shape index (κ2) is 9.29. The van der Waals surface area contributed by atoms with Gasteiger partial charge in [-0.1, -0.05) is 13.8 Å². The molecule has 1 heterocycles. The fourth-order valence-corrected chi connectivity index (χ4v) is 4.28. The van der Waals surface area contributed by atoms with Crippen molar-refractivity contribution in [1.29, 1.82) is 0 Å². The molecular weight excluding hydrogens is 372 g/mol. The van der Waals surface area contributed by atoms with E-state index >= 15 is 0 Å². The molecule has 0 aliphatic carbocycles. The summed E-state index contributed by atoms with van der Waals surface area (Å²) in [6.07, 6.45) is 0.465. The van der Waals surface area contributed by atoms with Crippen molar-refractivity contribution in [2.45, 2.75) is 25.2 Å². The van der Waals surface area contributed by atoms with Gasteiger partial charge in [0.05, 0.1) is 24.0 Å². The average Bonchev–Trinajstić information content (AvgIpc) is 2.65. The topological polar surface area (TPSA) is 113 Å². The first-order valence-electron chi connectivity index (χ1n) is 8.90. The van der Waals surface area contributed by atoms with Crippen molar-refractivity contribution in [3.63, 3.8) is 0 Å². The number of carboxylic acid groups (broad SMARTS) is 1. The number of carbonyl (C=O) groups is 2. The number of hydrogen-bond donors (Lipinski definition) is 2. The van der Waals surface area contributed by atoms with E-state index in [2.05, 4.69) is 5.32 Å². The van der Waals surface area contributed by atoms with Crippen LogP contribution in [-0.2, 0) is 19.6 Å². The van der Waals surface area contributed by atoms with Crippen LogP contribution in [-0.4, -0.2) is 62.6 Å². The van der Waals surface area contributed by atoms with Crippen LogP contribution < -0.4 is 5.32 Å². The number of sulfonamides is 1. The van der Waals surface area contributed by atoms with Crippen LogP contribution in [0.1, 0.15) is 30.6 Å². The lowest BCUT2D eigenvalue weighted by Crippen LogP contribution is -2.40. The summed E-state index contributed by atoms with van der Waals surface area (Å²) < 4.78 is 31.7. The number of nitrogens with one attached hydrogen (secondary N) is 1. The van der Waals surface area contributed by atoms with Gasteiger partial charge in [0.1, 0.15) is 0 Å². The van der Waals surface area contributed by atoms with Gasteiger partial charge in [0.2, 0.25) is 10.0 Å². The Kier molecular flexibility index (Phi) is 7.34. The van der Waals surface area contributed by atoms with E-state index in [4.69, 9.17) is 4.74 Å². The summed E-state index contributed by atoms with van der Waals surface area (Å²) in [6, 6.07) is 5.65. The summed E-state index contributed by atoms with van der Waals surface area (Å²) in [7, 11) is -3.61. The van der Waals surface area contributed by atoms with Gasteiger partial charge in [-0.3, -0.25) is 9.59 Å². The predicted octanol–water partition coefficient (Wildman–Crippen LogP) is 1.18. The molecule has 0 spiro atoms. The molecule has 1 atom stereocenters. The van der Waals surface area contributed by atoms with E-state index in [-0.39, 0.29) is 22.9 Å². The predicted molar refractivity (Wildman–Crippen MR) is 98.9 cm³/mol. The second-order valence-corrected chi connectivity index (χ2v) is 8.85. The van der Waals surface area contributed by atoms with Gasteiger partial charge in [0.25, 0.3) is 5.91 Å². The summed E-state index contributed by atoms with van der Waals surface area (Å²) in [6.45, 7) is 5.20. The molecule has 27 heavy (non-hydrogen) atoms. The van der Waals surface area contributed by atoms with Gasteiger partial charge < -0.3 is 15.2 Å². The van der Waals surface area contributed by atoms with Gasteiger partial charge in [-0.2, -0.15) is 4.31 Å². The van der Waals surface area contributed by atoms with Crippen LogP contribution in [0, 0.1) is 11.8 Å². The second-order valence-electron chi connectivity index (χ2n) is 6.92. The minimum absolute atomic E-state index is 0.0280. The molecule has 2 N–H and O–H groups in total. The third kappa shape index (κ3) is 5.75. The van der Waals surface area contributed by atoms with Crippen LogP contribution >= 0.6 is 0 Å². The van der Waals surface area contributed by atoms with Crippen LogP contribution in [0.4, 0.5) is 0 Å². The minimum Gasteiger partial charge on any atom is -0.481 e. The molecular formula is C18H26N2O6S. The zero-order chi connectivity index (χ0) is 20.0. The summed E-state index contributed by atoms with van der Waals surface area (Å²) in [5, 5.41) is 11.8. The van der Waals surface area contributed by atoms with Gasteiger partial charge in [0, 0.05) is 25.2 Å².